The van der Waals surface area contributed by atoms with Gasteiger partial charge in [-0.25, -0.2) is 18.4 Å². The Balaban J connectivity index is 1.45. The number of anilines is 1. The first-order chi connectivity index (χ1) is 15.0. The number of thioether (sulfide) groups is 1. The zero-order valence-corrected chi connectivity index (χ0v) is 18.6. The van der Waals surface area contributed by atoms with Crippen LogP contribution in [0.4, 0.5) is 5.82 Å². The molecule has 0 radical (unpaired) electrons. The van der Waals surface area contributed by atoms with Gasteiger partial charge in [0, 0.05) is 48.8 Å². The second kappa shape index (κ2) is 9.78. The Morgan fingerprint density at radius 3 is 2.45 bits per heavy atom. The first kappa shape index (κ1) is 21.8. The molecule has 4 rings (SSSR count). The van der Waals surface area contributed by atoms with Crippen LogP contribution in [-0.4, -0.2) is 53.8 Å². The standard InChI is InChI=1S/C22H25N5O2S2/c23-20(17-4-2-1-3-5-17)15-24-22-14-21(25-16-26-22)18-6-8-19(9-7-18)31(28,29)27-10-12-30-13-11-27/h1-9,14,16,20H,10-13,15,23H2,(H,24,25,26)/t20-/m0/s1. The third-order valence-electron chi connectivity index (χ3n) is 5.16. The van der Waals surface area contributed by atoms with E-state index in [1.165, 1.54) is 6.33 Å². The zero-order valence-electron chi connectivity index (χ0n) is 17.0. The third-order valence-corrected chi connectivity index (χ3v) is 8.01. The summed E-state index contributed by atoms with van der Waals surface area (Å²) in [5.41, 5.74) is 8.83. The van der Waals surface area contributed by atoms with Crippen molar-refractivity contribution >= 4 is 27.6 Å². The fourth-order valence-corrected chi connectivity index (χ4v) is 5.95. The molecule has 3 aromatic rings. The first-order valence-corrected chi connectivity index (χ1v) is 12.7. The predicted molar refractivity (Wildman–Crippen MR) is 125 cm³/mol. The summed E-state index contributed by atoms with van der Waals surface area (Å²) in [6, 6.07) is 18.4. The molecule has 0 amide bonds. The molecule has 0 unspecified atom stereocenters. The number of rotatable bonds is 7. The van der Waals surface area contributed by atoms with E-state index in [0.717, 1.165) is 22.6 Å². The molecule has 31 heavy (non-hydrogen) atoms. The normalized spacial score (nSPS) is 16.0. The Bertz CT molecular complexity index is 1100. The first-order valence-electron chi connectivity index (χ1n) is 10.1. The lowest BCUT2D eigenvalue weighted by atomic mass is 10.1. The topological polar surface area (TPSA) is 101 Å². The number of benzene rings is 2. The maximum atomic E-state index is 12.8. The van der Waals surface area contributed by atoms with Gasteiger partial charge in [0.25, 0.3) is 0 Å². The molecule has 0 spiro atoms. The molecule has 1 fully saturated rings. The molecule has 162 valence electrons. The van der Waals surface area contributed by atoms with E-state index in [1.54, 1.807) is 40.3 Å². The van der Waals surface area contributed by atoms with Gasteiger partial charge >= 0.3 is 0 Å². The Hall–Kier alpha value is -2.46. The van der Waals surface area contributed by atoms with Gasteiger partial charge in [0.2, 0.25) is 10.0 Å². The highest BCUT2D eigenvalue weighted by Crippen LogP contribution is 2.24. The number of hydrogen-bond acceptors (Lipinski definition) is 7. The second-order valence-corrected chi connectivity index (χ2v) is 10.4. The summed E-state index contributed by atoms with van der Waals surface area (Å²) in [7, 11) is -3.45. The lowest BCUT2D eigenvalue weighted by Gasteiger charge is -2.25. The highest BCUT2D eigenvalue weighted by Gasteiger charge is 2.26. The fraction of sp³-hybridized carbons (Fsp3) is 0.273. The molecule has 1 aromatic heterocycles. The van der Waals surface area contributed by atoms with Crippen molar-refractivity contribution in [1.29, 1.82) is 0 Å². The van der Waals surface area contributed by atoms with E-state index in [1.807, 2.05) is 36.4 Å². The molecule has 0 aliphatic carbocycles. The van der Waals surface area contributed by atoms with Crippen molar-refractivity contribution in [3.63, 3.8) is 0 Å². The Kier molecular flexibility index (Phi) is 6.86. The number of nitrogens with zero attached hydrogens (tertiary/aromatic N) is 3. The van der Waals surface area contributed by atoms with Crippen LogP contribution in [0.25, 0.3) is 11.3 Å². The van der Waals surface area contributed by atoms with Crippen molar-refractivity contribution < 1.29 is 8.42 Å². The van der Waals surface area contributed by atoms with Gasteiger partial charge in [-0.3, -0.25) is 0 Å². The highest BCUT2D eigenvalue weighted by molar-refractivity contribution is 7.99. The minimum Gasteiger partial charge on any atom is -0.368 e. The second-order valence-electron chi connectivity index (χ2n) is 7.23. The van der Waals surface area contributed by atoms with Crippen molar-refractivity contribution in [3.8, 4) is 11.3 Å². The van der Waals surface area contributed by atoms with Gasteiger partial charge in [-0.2, -0.15) is 16.1 Å². The van der Waals surface area contributed by atoms with Crippen molar-refractivity contribution in [1.82, 2.24) is 14.3 Å². The average molecular weight is 456 g/mol. The van der Waals surface area contributed by atoms with Gasteiger partial charge < -0.3 is 11.1 Å². The summed E-state index contributed by atoms with van der Waals surface area (Å²) >= 11 is 1.78. The van der Waals surface area contributed by atoms with Gasteiger partial charge in [-0.1, -0.05) is 42.5 Å². The summed E-state index contributed by atoms with van der Waals surface area (Å²) in [5, 5.41) is 3.25. The van der Waals surface area contributed by atoms with Gasteiger partial charge in [0.05, 0.1) is 10.6 Å². The molecule has 3 N–H and O–H groups in total. The Morgan fingerprint density at radius 1 is 1.03 bits per heavy atom. The Labute approximate surface area is 187 Å². The van der Waals surface area contributed by atoms with E-state index in [4.69, 9.17) is 5.73 Å². The molecule has 0 saturated carbocycles. The van der Waals surface area contributed by atoms with Crippen molar-refractivity contribution in [2.75, 3.05) is 36.5 Å². The monoisotopic (exact) mass is 455 g/mol. The number of nitrogens with one attached hydrogen (secondary N) is 1. The minimum atomic E-state index is -3.45. The molecule has 0 bridgehead atoms. The number of aromatic nitrogens is 2. The van der Waals surface area contributed by atoms with Crippen LogP contribution in [0.15, 0.2) is 71.9 Å². The third kappa shape index (κ3) is 5.24. The van der Waals surface area contributed by atoms with Gasteiger partial charge in [0.1, 0.15) is 12.1 Å². The molecule has 1 saturated heterocycles. The van der Waals surface area contributed by atoms with E-state index < -0.39 is 10.0 Å². The van der Waals surface area contributed by atoms with Gasteiger partial charge in [-0.15, -0.1) is 0 Å². The van der Waals surface area contributed by atoms with E-state index in [2.05, 4.69) is 15.3 Å². The van der Waals surface area contributed by atoms with Crippen LogP contribution in [0.1, 0.15) is 11.6 Å². The largest absolute Gasteiger partial charge is 0.368 e. The van der Waals surface area contributed by atoms with Crippen LogP contribution in [0.2, 0.25) is 0 Å². The zero-order chi connectivity index (χ0) is 21.7. The van der Waals surface area contributed by atoms with Crippen molar-refractivity contribution in [2.45, 2.75) is 10.9 Å². The Morgan fingerprint density at radius 2 is 1.74 bits per heavy atom. The van der Waals surface area contributed by atoms with Crippen LogP contribution in [0.5, 0.6) is 0 Å². The molecule has 1 aliphatic rings. The van der Waals surface area contributed by atoms with Crippen molar-refractivity contribution in [3.05, 3.63) is 72.6 Å². The number of hydrogen-bond donors (Lipinski definition) is 2. The van der Waals surface area contributed by atoms with Crippen LogP contribution >= 0.6 is 11.8 Å². The van der Waals surface area contributed by atoms with Crippen LogP contribution in [0.3, 0.4) is 0 Å². The SMILES string of the molecule is N[C@@H](CNc1cc(-c2ccc(S(=O)(=O)N3CCSCC3)cc2)ncn1)c1ccccc1. The average Bonchev–Trinajstić information content (AvgIpc) is 2.84. The van der Waals surface area contributed by atoms with Crippen molar-refractivity contribution in [2.24, 2.45) is 5.73 Å². The molecule has 1 atom stereocenters. The van der Waals surface area contributed by atoms with Crippen LogP contribution in [-0.2, 0) is 10.0 Å². The summed E-state index contributed by atoms with van der Waals surface area (Å²) in [5.74, 6) is 2.34. The fourth-order valence-electron chi connectivity index (χ4n) is 3.38. The lowest BCUT2D eigenvalue weighted by Crippen LogP contribution is -2.37. The number of nitrogens with two attached hydrogens (primary N) is 1. The summed E-state index contributed by atoms with van der Waals surface area (Å²) in [6.07, 6.45) is 1.49. The minimum absolute atomic E-state index is 0.155. The maximum absolute atomic E-state index is 12.8. The molecule has 7 nitrogen and oxygen atoms in total. The van der Waals surface area contributed by atoms with Gasteiger partial charge in [0.15, 0.2) is 0 Å². The van der Waals surface area contributed by atoms with E-state index in [0.29, 0.717) is 36.0 Å². The summed E-state index contributed by atoms with van der Waals surface area (Å²) in [6.45, 7) is 1.65. The molecule has 2 heterocycles. The van der Waals surface area contributed by atoms with Crippen LogP contribution < -0.4 is 11.1 Å². The van der Waals surface area contributed by atoms with Gasteiger partial charge in [-0.05, 0) is 17.7 Å². The molecular formula is C22H25N5O2S2. The lowest BCUT2D eigenvalue weighted by molar-refractivity contribution is 0.443. The molecule has 2 aromatic carbocycles. The quantitative estimate of drug-likeness (QED) is 0.565. The van der Waals surface area contributed by atoms with E-state index in [-0.39, 0.29) is 6.04 Å². The van der Waals surface area contributed by atoms with Crippen LogP contribution in [0, 0.1) is 0 Å². The maximum Gasteiger partial charge on any atom is 0.243 e. The number of sulfonamides is 1. The highest BCUT2D eigenvalue weighted by atomic mass is 32.2. The van der Waals surface area contributed by atoms with E-state index in [9.17, 15) is 8.42 Å². The molecule has 9 heteroatoms. The molecular weight excluding hydrogens is 430 g/mol. The summed E-state index contributed by atoms with van der Waals surface area (Å²) < 4.78 is 27.2. The predicted octanol–water partition coefficient (Wildman–Crippen LogP) is 2.99. The smallest absolute Gasteiger partial charge is 0.243 e. The van der Waals surface area contributed by atoms with E-state index >= 15 is 0 Å². The summed E-state index contributed by atoms with van der Waals surface area (Å²) in [4.78, 5) is 8.91. The molecule has 1 aliphatic heterocycles.